The minimum atomic E-state index is -0.155. The Morgan fingerprint density at radius 1 is 0.967 bits per heavy atom. The van der Waals surface area contributed by atoms with Crippen LogP contribution < -0.4 is 5.32 Å². The maximum atomic E-state index is 13.4. The highest BCUT2D eigenvalue weighted by molar-refractivity contribution is 6.13. The highest BCUT2D eigenvalue weighted by Crippen LogP contribution is 2.29. The normalized spacial score (nSPS) is 11.3. The summed E-state index contributed by atoms with van der Waals surface area (Å²) in [5.74, 6) is -0.155. The Bertz CT molecular complexity index is 1230. The van der Waals surface area contributed by atoms with Gasteiger partial charge in [0.25, 0.3) is 5.91 Å². The van der Waals surface area contributed by atoms with E-state index in [1.54, 1.807) is 6.20 Å². The fraction of sp³-hybridized carbons (Fsp3) is 0.240. The van der Waals surface area contributed by atoms with Crippen LogP contribution in [-0.4, -0.2) is 20.7 Å². The molecule has 5 heteroatoms. The number of hydrogen-bond acceptors (Lipinski definition) is 3. The molecule has 0 spiro atoms. The molecule has 5 nitrogen and oxygen atoms in total. The molecule has 152 valence electrons. The average Bonchev–Trinajstić information content (AvgIpc) is 3.14. The minimum Gasteiger partial charge on any atom is -0.321 e. The Labute approximate surface area is 176 Å². The van der Waals surface area contributed by atoms with Gasteiger partial charge in [0, 0.05) is 17.3 Å². The van der Waals surface area contributed by atoms with Crippen molar-refractivity contribution in [3.8, 4) is 11.3 Å². The summed E-state index contributed by atoms with van der Waals surface area (Å²) in [5.41, 5.74) is 7.11. The first kappa shape index (κ1) is 19.8. The van der Waals surface area contributed by atoms with Crippen molar-refractivity contribution < 1.29 is 4.79 Å². The summed E-state index contributed by atoms with van der Waals surface area (Å²) >= 11 is 0. The molecule has 0 fully saturated rings. The minimum absolute atomic E-state index is 0.136. The Morgan fingerprint density at radius 3 is 2.30 bits per heavy atom. The summed E-state index contributed by atoms with van der Waals surface area (Å²) in [6.45, 7) is 10.2. The molecule has 2 aromatic carbocycles. The lowest BCUT2D eigenvalue weighted by Gasteiger charge is -2.14. The third-order valence-corrected chi connectivity index (χ3v) is 5.44. The number of anilines is 1. The summed E-state index contributed by atoms with van der Waals surface area (Å²) in [7, 11) is 0. The molecule has 0 bridgehead atoms. The van der Waals surface area contributed by atoms with Gasteiger partial charge in [-0.15, -0.1) is 0 Å². The van der Waals surface area contributed by atoms with Crippen LogP contribution in [0.4, 0.5) is 5.69 Å². The van der Waals surface area contributed by atoms with Crippen LogP contribution in [-0.2, 0) is 0 Å². The van der Waals surface area contributed by atoms with Crippen LogP contribution in [0.2, 0.25) is 0 Å². The second-order valence-corrected chi connectivity index (χ2v) is 8.01. The maximum Gasteiger partial charge on any atom is 0.256 e. The van der Waals surface area contributed by atoms with E-state index in [4.69, 9.17) is 4.98 Å². The Kier molecular flexibility index (Phi) is 5.12. The van der Waals surface area contributed by atoms with E-state index < -0.39 is 0 Å². The molecule has 1 amide bonds. The molecule has 0 atom stereocenters. The SMILES string of the molecule is Cc1ccccc1-c1cc(C(=O)Nc2c(C)cccc2C)c2cnn(C(C)C)c2n1. The zero-order valence-electron chi connectivity index (χ0n) is 18.0. The fourth-order valence-electron chi connectivity index (χ4n) is 3.77. The Balaban J connectivity index is 1.90. The molecule has 1 N–H and O–H groups in total. The fourth-order valence-corrected chi connectivity index (χ4v) is 3.77. The molecule has 4 rings (SSSR count). The summed E-state index contributed by atoms with van der Waals surface area (Å²) in [6, 6.07) is 16.1. The number of fused-ring (bicyclic) bond motifs is 1. The van der Waals surface area contributed by atoms with Gasteiger partial charge in [0.05, 0.1) is 22.8 Å². The molecule has 0 radical (unpaired) electrons. The van der Waals surface area contributed by atoms with Gasteiger partial charge in [0.2, 0.25) is 0 Å². The lowest BCUT2D eigenvalue weighted by atomic mass is 10.0. The summed E-state index contributed by atoms with van der Waals surface area (Å²) in [5, 5.41) is 8.38. The van der Waals surface area contributed by atoms with Crippen LogP contribution >= 0.6 is 0 Å². The van der Waals surface area contributed by atoms with Gasteiger partial charge in [-0.25, -0.2) is 9.67 Å². The highest BCUT2D eigenvalue weighted by atomic mass is 16.1. The number of para-hydroxylation sites is 1. The first-order valence-electron chi connectivity index (χ1n) is 10.2. The number of aryl methyl sites for hydroxylation is 3. The van der Waals surface area contributed by atoms with Crippen LogP contribution in [0.3, 0.4) is 0 Å². The van der Waals surface area contributed by atoms with E-state index in [0.717, 1.165) is 44.7 Å². The molecule has 2 aromatic heterocycles. The number of benzene rings is 2. The van der Waals surface area contributed by atoms with E-state index in [-0.39, 0.29) is 11.9 Å². The smallest absolute Gasteiger partial charge is 0.256 e. The van der Waals surface area contributed by atoms with Gasteiger partial charge in [-0.2, -0.15) is 5.10 Å². The van der Waals surface area contributed by atoms with Crippen molar-refractivity contribution in [3.05, 3.63) is 77.0 Å². The maximum absolute atomic E-state index is 13.4. The largest absolute Gasteiger partial charge is 0.321 e. The second-order valence-electron chi connectivity index (χ2n) is 8.01. The zero-order chi connectivity index (χ0) is 21.4. The highest BCUT2D eigenvalue weighted by Gasteiger charge is 2.20. The van der Waals surface area contributed by atoms with E-state index in [9.17, 15) is 4.79 Å². The number of pyridine rings is 1. The molecular weight excluding hydrogens is 372 g/mol. The zero-order valence-corrected chi connectivity index (χ0v) is 18.0. The number of hydrogen-bond donors (Lipinski definition) is 1. The lowest BCUT2D eigenvalue weighted by Crippen LogP contribution is -2.15. The van der Waals surface area contributed by atoms with Gasteiger partial charge in [0.1, 0.15) is 0 Å². The number of aromatic nitrogens is 3. The summed E-state index contributed by atoms with van der Waals surface area (Å²) < 4.78 is 1.87. The van der Waals surface area contributed by atoms with E-state index >= 15 is 0 Å². The molecule has 0 aliphatic heterocycles. The predicted octanol–water partition coefficient (Wildman–Crippen LogP) is 5.86. The average molecular weight is 399 g/mol. The third-order valence-electron chi connectivity index (χ3n) is 5.44. The van der Waals surface area contributed by atoms with Crippen LogP contribution in [0, 0.1) is 20.8 Å². The predicted molar refractivity (Wildman–Crippen MR) is 122 cm³/mol. The van der Waals surface area contributed by atoms with E-state index in [1.807, 2.05) is 61.0 Å². The first-order valence-corrected chi connectivity index (χ1v) is 10.2. The molecule has 0 saturated heterocycles. The molecule has 0 unspecified atom stereocenters. The Hall–Kier alpha value is -3.47. The quantitative estimate of drug-likeness (QED) is 0.469. The topological polar surface area (TPSA) is 59.8 Å². The van der Waals surface area contributed by atoms with Crippen molar-refractivity contribution in [1.29, 1.82) is 0 Å². The van der Waals surface area contributed by atoms with Crippen LogP contribution in [0.5, 0.6) is 0 Å². The monoisotopic (exact) mass is 398 g/mol. The van der Waals surface area contributed by atoms with Crippen LogP contribution in [0.15, 0.2) is 54.7 Å². The van der Waals surface area contributed by atoms with Gasteiger partial charge in [-0.3, -0.25) is 4.79 Å². The standard InChI is InChI=1S/C25H26N4O/c1-15(2)29-24-21(14-26-29)20(13-22(27-24)19-12-7-6-9-16(19)3)25(30)28-23-17(4)10-8-11-18(23)5/h6-15H,1-5H3,(H,28,30). The lowest BCUT2D eigenvalue weighted by molar-refractivity contribution is 0.102. The second kappa shape index (κ2) is 7.75. The van der Waals surface area contributed by atoms with Crippen molar-refractivity contribution in [2.24, 2.45) is 0 Å². The first-order chi connectivity index (χ1) is 14.4. The van der Waals surface area contributed by atoms with Crippen molar-refractivity contribution in [2.75, 3.05) is 5.32 Å². The summed E-state index contributed by atoms with van der Waals surface area (Å²) in [4.78, 5) is 18.3. The Morgan fingerprint density at radius 2 is 1.63 bits per heavy atom. The van der Waals surface area contributed by atoms with Crippen LogP contribution in [0.25, 0.3) is 22.3 Å². The molecule has 0 aliphatic carbocycles. The van der Waals surface area contributed by atoms with E-state index in [0.29, 0.717) is 5.56 Å². The molecule has 0 saturated carbocycles. The van der Waals surface area contributed by atoms with E-state index in [2.05, 4.69) is 37.3 Å². The van der Waals surface area contributed by atoms with Gasteiger partial charge in [-0.1, -0.05) is 42.5 Å². The number of nitrogens with one attached hydrogen (secondary N) is 1. The summed E-state index contributed by atoms with van der Waals surface area (Å²) in [6.07, 6.45) is 1.74. The van der Waals surface area contributed by atoms with Crippen molar-refractivity contribution in [3.63, 3.8) is 0 Å². The van der Waals surface area contributed by atoms with E-state index in [1.165, 1.54) is 0 Å². The molecule has 4 aromatic rings. The molecule has 30 heavy (non-hydrogen) atoms. The molecular formula is C25H26N4O. The molecule has 2 heterocycles. The molecule has 0 aliphatic rings. The number of amides is 1. The van der Waals surface area contributed by atoms with Gasteiger partial charge >= 0.3 is 0 Å². The third kappa shape index (κ3) is 3.47. The van der Waals surface area contributed by atoms with Gasteiger partial charge < -0.3 is 5.32 Å². The number of carbonyl (C=O) groups is 1. The number of rotatable bonds is 4. The van der Waals surface area contributed by atoms with Crippen molar-refractivity contribution in [1.82, 2.24) is 14.8 Å². The number of nitrogens with zero attached hydrogens (tertiary/aromatic N) is 3. The van der Waals surface area contributed by atoms with Crippen LogP contribution in [0.1, 0.15) is 46.9 Å². The van der Waals surface area contributed by atoms with Gasteiger partial charge in [-0.05, 0) is 57.4 Å². The van der Waals surface area contributed by atoms with Crippen molar-refractivity contribution >= 4 is 22.6 Å². The number of carbonyl (C=O) groups excluding carboxylic acids is 1. The van der Waals surface area contributed by atoms with Gasteiger partial charge in [0.15, 0.2) is 5.65 Å². The van der Waals surface area contributed by atoms with Crippen molar-refractivity contribution in [2.45, 2.75) is 40.7 Å².